The number of aliphatic imine (C=N–C) groups is 1. The van der Waals surface area contributed by atoms with Gasteiger partial charge in [0.05, 0.1) is 76.8 Å². The van der Waals surface area contributed by atoms with Crippen molar-refractivity contribution in [3.05, 3.63) is 261 Å². The number of ether oxygens (including phenoxy) is 7. The summed E-state index contributed by atoms with van der Waals surface area (Å²) < 4.78 is 54.6. The number of pyridine rings is 1. The van der Waals surface area contributed by atoms with E-state index in [0.717, 1.165) is 80.7 Å². The van der Waals surface area contributed by atoms with E-state index >= 15 is 0 Å². The number of aliphatic hydroxyl groups excluding tert-OH is 2. The van der Waals surface area contributed by atoms with Crippen LogP contribution >= 0.6 is 56.7 Å². The van der Waals surface area contributed by atoms with Crippen LogP contribution in [-0.4, -0.2) is 120 Å². The summed E-state index contributed by atoms with van der Waals surface area (Å²) in [7, 11) is 0. The third-order valence-electron chi connectivity index (χ3n) is 18.7. The Morgan fingerprint density at radius 3 is 1.54 bits per heavy atom. The van der Waals surface area contributed by atoms with Crippen LogP contribution in [0.15, 0.2) is 208 Å². The number of benzene rings is 4. The molecular weight excluding hydrogens is 1610 g/mol. The Bertz CT molecular complexity index is 4710. The summed E-state index contributed by atoms with van der Waals surface area (Å²) in [6.45, 7) is 21.4. The smallest absolute Gasteiger partial charge is 0.393 e. The average molecular weight is 1700 g/mol. The number of hydrogen-bond acceptors (Lipinski definition) is 16. The quantitative estimate of drug-likeness (QED) is 0.0586. The van der Waals surface area contributed by atoms with Gasteiger partial charge < -0.3 is 19.9 Å². The molecule has 18 rings (SSSR count). The molecule has 3 fully saturated rings. The van der Waals surface area contributed by atoms with Crippen molar-refractivity contribution < 1.29 is 92.1 Å². The Balaban J connectivity index is 0.000000122. The van der Waals surface area contributed by atoms with Gasteiger partial charge in [0.25, 0.3) is 0 Å². The fraction of sp³-hybridized carbons (Fsp3) is 0.345. The van der Waals surface area contributed by atoms with Crippen molar-refractivity contribution in [2.45, 2.75) is 180 Å². The first-order valence-electron chi connectivity index (χ1n) is 36.1. The molecule has 0 saturated carbocycles. The summed E-state index contributed by atoms with van der Waals surface area (Å²) in [5.41, 5.74) is 11.7. The molecule has 554 valence electrons. The molecular formula is C84H92N6O10PtS5+4. The zero-order valence-corrected chi connectivity index (χ0v) is 67.6. The summed E-state index contributed by atoms with van der Waals surface area (Å²) in [6, 6.07) is 56.6. The van der Waals surface area contributed by atoms with Crippen molar-refractivity contribution in [2.75, 3.05) is 6.54 Å². The predicted octanol–water partition coefficient (Wildman–Crippen LogP) is 17.5. The van der Waals surface area contributed by atoms with Crippen molar-refractivity contribution in [1.82, 2.24) is 0 Å². The van der Waals surface area contributed by atoms with Crippen LogP contribution in [0.5, 0.6) is 0 Å². The van der Waals surface area contributed by atoms with Gasteiger partial charge in [-0.1, -0.05) is 101 Å². The van der Waals surface area contributed by atoms with Crippen LogP contribution in [0.2, 0.25) is 0 Å². The second-order valence-electron chi connectivity index (χ2n) is 27.4. The molecule has 16 nitrogen and oxygen atoms in total. The maximum absolute atomic E-state index is 12.5. The number of unbranched alkanes of at least 4 members (excludes halogenated alkanes) is 1. The number of nitrogens with zero attached hydrogens (tertiary/aromatic N) is 6. The minimum absolute atomic E-state index is 0. The third-order valence-corrected chi connectivity index (χ3v) is 23.3. The number of aliphatic hydroxyl groups is 2. The largest absolute Gasteiger partial charge is 0.567 e. The van der Waals surface area contributed by atoms with Crippen LogP contribution < -0.4 is 4.57 Å². The zero-order valence-electron chi connectivity index (χ0n) is 61.2. The Morgan fingerprint density at radius 1 is 0.538 bits per heavy atom. The number of carbonyl (C=O) groups is 1. The van der Waals surface area contributed by atoms with Gasteiger partial charge in [-0.05, 0) is 132 Å². The molecule has 2 N–H and O–H groups in total. The van der Waals surface area contributed by atoms with Gasteiger partial charge in [-0.3, -0.25) is 39.8 Å². The molecule has 22 heteroatoms. The summed E-state index contributed by atoms with van der Waals surface area (Å²) in [4.78, 5) is 21.3. The molecule has 9 unspecified atom stereocenters. The van der Waals surface area contributed by atoms with Gasteiger partial charge in [0.15, 0.2) is 45.2 Å². The van der Waals surface area contributed by atoms with Crippen LogP contribution in [0.25, 0.3) is 0 Å². The molecule has 4 aromatic carbocycles. The van der Waals surface area contributed by atoms with E-state index in [0.29, 0.717) is 12.1 Å². The first-order valence-corrected chi connectivity index (χ1v) is 40.5. The maximum Gasteiger partial charge on any atom is 0.567 e. The molecule has 0 radical (unpaired) electrons. The van der Waals surface area contributed by atoms with E-state index in [4.69, 9.17) is 43.4 Å². The van der Waals surface area contributed by atoms with Gasteiger partial charge in [-0.2, -0.15) is 10.6 Å². The number of thiophene rings is 5. The van der Waals surface area contributed by atoms with E-state index in [-0.39, 0.29) is 75.9 Å². The first-order chi connectivity index (χ1) is 50.8. The molecule has 8 aliphatic heterocycles. The van der Waals surface area contributed by atoms with Crippen molar-refractivity contribution in [3.63, 3.8) is 0 Å². The van der Waals surface area contributed by atoms with E-state index in [1.54, 1.807) is 76.6 Å². The normalized spacial score (nSPS) is 25.7. The van der Waals surface area contributed by atoms with Crippen LogP contribution in [0.1, 0.15) is 166 Å². The van der Waals surface area contributed by atoms with Crippen LogP contribution in [-0.2, 0) is 77.8 Å². The summed E-state index contributed by atoms with van der Waals surface area (Å²) in [5.74, 6) is -3.54. The van der Waals surface area contributed by atoms with E-state index in [2.05, 4.69) is 169 Å². The average Bonchev–Trinajstić information content (AvgIpc) is 1.54. The van der Waals surface area contributed by atoms with Crippen molar-refractivity contribution >= 4 is 116 Å². The van der Waals surface area contributed by atoms with Crippen molar-refractivity contribution in [1.29, 1.82) is 0 Å². The maximum atomic E-state index is 12.5. The fourth-order valence-corrected chi connectivity index (χ4v) is 19.0. The van der Waals surface area contributed by atoms with Crippen molar-refractivity contribution in [2.24, 2.45) is 4.99 Å². The first kappa shape index (κ1) is 78.3. The van der Waals surface area contributed by atoms with E-state index < -0.39 is 23.6 Å². The number of fused-ring (bicyclic) bond motifs is 10. The number of aromatic nitrogens is 1. The van der Waals surface area contributed by atoms with Crippen LogP contribution in [0.4, 0.5) is 22.7 Å². The molecule has 0 aliphatic carbocycles. The number of carbonyl (C=O) groups excluding carboxylic acids is 1. The molecule has 6 aromatic heterocycles. The molecule has 10 aromatic rings. The molecule has 106 heavy (non-hydrogen) atoms. The Kier molecular flexibility index (Phi) is 25.5. The fourth-order valence-electron chi connectivity index (χ4n) is 14.5. The predicted molar refractivity (Wildman–Crippen MR) is 418 cm³/mol. The molecule has 8 aliphatic rings. The minimum Gasteiger partial charge on any atom is -0.393 e. The van der Waals surface area contributed by atoms with Gasteiger partial charge in [0.2, 0.25) is 21.9 Å². The van der Waals surface area contributed by atoms with E-state index in [9.17, 15) is 4.79 Å². The van der Waals surface area contributed by atoms with Gasteiger partial charge in [0.1, 0.15) is 6.54 Å². The topological polar surface area (TPSA) is 150 Å². The molecule has 4 spiro atoms. The molecule has 9 atom stereocenters. The second kappa shape index (κ2) is 34.5. The van der Waals surface area contributed by atoms with E-state index in [1.165, 1.54) is 33.7 Å². The molecule has 0 amide bonds. The SMILES string of the molecule is CC(O)CC(C)O.CC1=[N+](c2ccccc2)C2(OC(C)CC(C)O2)c2sccc21.CC1CC(C)OC2(O1)c1sccc1C=[N+]2c1ccccc1.CCCC[N+]1=Cc2ccsc2C12OC(C)CC(C)O2.O=C1OC2(c3sccc3C=[N+]2c2ccccc2)[n+]2ccccc21.[Pt].[c-]1sccc1C=Nc1ccccc1. The van der Waals surface area contributed by atoms with Crippen molar-refractivity contribution in [3.8, 4) is 0 Å². The second-order valence-corrected chi connectivity index (χ2v) is 31.7. The van der Waals surface area contributed by atoms with Gasteiger partial charge in [-0.25, -0.2) is 4.79 Å². The third kappa shape index (κ3) is 16.4. The van der Waals surface area contributed by atoms with Gasteiger partial charge in [0, 0.05) is 102 Å². The summed E-state index contributed by atoms with van der Waals surface area (Å²) in [5, 5.41) is 30.6. The molecule has 0 bridgehead atoms. The van der Waals surface area contributed by atoms with Crippen LogP contribution in [0.3, 0.4) is 0 Å². The minimum atomic E-state index is -0.960. The van der Waals surface area contributed by atoms with E-state index in [1.807, 2.05) is 142 Å². The standard InChI is InChI=1S/C18H12N2O2S.C18H20NO2S.C17H18NO2S.C15H22NO2S.C11H8NS.C5H12O2.Pt/c21-17-15-8-4-5-10-19(15)18(22-17)16-13(9-11-23-16)12-20(18)14-6-2-1-3-7-14;1-12-11-13(2)21-18(20-12)17-16(9-10-22-17)14(3)19(18)15-7-5-4-6-8-15;1-12-10-13(2)20-17(19-12)16-14(8-9-21-16)11-18(17)15-6-4-3-5-7-15;1-4-5-7-16-10-13-6-8-19-14(13)15(16)17-11(2)9-12(3)18-15;1-2-4-11(5-3-1)12-8-10-6-7-13-9-10;1-4(6)3-5(2)7;/h1-12H;4-10,12-13H,11H2,1-3H3;3-9,11-13H,10H2,1-2H3;6,8,10-12H,4-5,7,9H2,1-3H3;1-8H;4-7H,3H2,1-2H3;/q+2;3*+1;-1;;. The Hall–Kier alpha value is -7.28. The Morgan fingerprint density at radius 2 is 1.00 bits per heavy atom. The molecule has 14 heterocycles. The number of esters is 1. The summed E-state index contributed by atoms with van der Waals surface area (Å²) >= 11 is 8.30. The summed E-state index contributed by atoms with van der Waals surface area (Å²) in [6.07, 6.45) is 16.1. The number of hydrogen-bond donors (Lipinski definition) is 2. The number of rotatable bonds is 10. The Labute approximate surface area is 656 Å². The molecule has 3 saturated heterocycles. The monoisotopic (exact) mass is 1700 g/mol. The van der Waals surface area contributed by atoms with Crippen LogP contribution in [0, 0.1) is 5.38 Å². The van der Waals surface area contributed by atoms with Gasteiger partial charge >= 0.3 is 35.2 Å². The number of para-hydroxylation sites is 4. The zero-order chi connectivity index (χ0) is 73.5. The van der Waals surface area contributed by atoms with Gasteiger partial charge in [-0.15, -0.1) is 65.4 Å².